The lowest BCUT2D eigenvalue weighted by Gasteiger charge is -2.35. The fourth-order valence-electron chi connectivity index (χ4n) is 1.46. The van der Waals surface area contributed by atoms with Gasteiger partial charge in [0.1, 0.15) is 5.79 Å². The van der Waals surface area contributed by atoms with Crippen LogP contribution in [-0.2, 0) is 0 Å². The van der Waals surface area contributed by atoms with E-state index in [1.807, 2.05) is 14.1 Å². The summed E-state index contributed by atoms with van der Waals surface area (Å²) in [6.45, 7) is 5.51. The summed E-state index contributed by atoms with van der Waals surface area (Å²) >= 11 is 0. The summed E-state index contributed by atoms with van der Waals surface area (Å²) in [6, 6.07) is 1.37. The van der Waals surface area contributed by atoms with Crippen LogP contribution >= 0.6 is 0 Å². The van der Waals surface area contributed by atoms with Crippen molar-refractivity contribution in [3.8, 4) is 0 Å². The first-order valence-electron chi connectivity index (χ1n) is 5.73. The molecule has 0 bridgehead atoms. The highest BCUT2D eigenvalue weighted by Gasteiger charge is 2.24. The van der Waals surface area contributed by atoms with E-state index in [1.54, 1.807) is 0 Å². The van der Waals surface area contributed by atoms with E-state index in [0.717, 1.165) is 13.0 Å². The van der Waals surface area contributed by atoms with Crippen molar-refractivity contribution < 1.29 is 0 Å². The molecule has 3 nitrogen and oxygen atoms in total. The smallest absolute Gasteiger partial charge is 0.122 e. The largest absolute Gasteiger partial charge is 0.290 e. The monoisotopic (exact) mass is 217 g/mol. The Morgan fingerprint density at radius 3 is 2.14 bits per heavy atom. The molecule has 86 valence electrons. The Kier molecular flexibility index (Phi) is 7.45. The Morgan fingerprint density at radius 2 is 1.79 bits per heavy atom. The first-order valence-corrected chi connectivity index (χ1v) is 7.14. The van der Waals surface area contributed by atoms with Crippen LogP contribution < -0.4 is 16.0 Å². The van der Waals surface area contributed by atoms with Crippen molar-refractivity contribution in [2.24, 2.45) is 5.92 Å². The van der Waals surface area contributed by atoms with Crippen LogP contribution in [0, 0.1) is 5.92 Å². The molecule has 0 radical (unpaired) electrons. The van der Waals surface area contributed by atoms with Crippen molar-refractivity contribution in [1.82, 2.24) is 16.0 Å². The summed E-state index contributed by atoms with van der Waals surface area (Å²) in [5.74, 6) is 0.626. The van der Waals surface area contributed by atoms with E-state index in [0.29, 0.717) is 5.92 Å². The zero-order valence-corrected chi connectivity index (χ0v) is 12.4. The van der Waals surface area contributed by atoms with Crippen LogP contribution in [0.2, 0.25) is 6.04 Å². The van der Waals surface area contributed by atoms with Crippen molar-refractivity contribution in [1.29, 1.82) is 0 Å². The molecule has 0 amide bonds. The number of hydrogen-bond donors (Lipinski definition) is 3. The molecule has 0 fully saturated rings. The van der Waals surface area contributed by atoms with E-state index in [2.05, 4.69) is 29.8 Å². The molecule has 0 saturated heterocycles. The SMILES string of the molecule is CNC(CCC[SiH3])(NC)NCC(C)C. The van der Waals surface area contributed by atoms with Gasteiger partial charge in [-0.25, -0.2) is 0 Å². The zero-order chi connectivity index (χ0) is 11.0. The Labute approximate surface area is 91.8 Å². The molecule has 14 heavy (non-hydrogen) atoms. The average molecular weight is 217 g/mol. The van der Waals surface area contributed by atoms with Crippen LogP contribution in [0.1, 0.15) is 26.7 Å². The van der Waals surface area contributed by atoms with Gasteiger partial charge in [0.05, 0.1) is 0 Å². The summed E-state index contributed by atoms with van der Waals surface area (Å²) < 4.78 is 0. The third-order valence-electron chi connectivity index (χ3n) is 2.57. The maximum atomic E-state index is 3.56. The molecule has 0 aromatic heterocycles. The van der Waals surface area contributed by atoms with E-state index < -0.39 is 0 Å². The molecule has 0 heterocycles. The van der Waals surface area contributed by atoms with Gasteiger partial charge in [0, 0.05) is 16.8 Å². The predicted octanol–water partition coefficient (Wildman–Crippen LogP) is -0.112. The second-order valence-corrected chi connectivity index (χ2v) is 5.28. The summed E-state index contributed by atoms with van der Waals surface area (Å²) in [6.07, 6.45) is 2.44. The summed E-state index contributed by atoms with van der Waals surface area (Å²) in [7, 11) is 5.33. The highest BCUT2D eigenvalue weighted by molar-refractivity contribution is 6.08. The third-order valence-corrected chi connectivity index (χ3v) is 3.28. The van der Waals surface area contributed by atoms with Gasteiger partial charge >= 0.3 is 0 Å². The van der Waals surface area contributed by atoms with Crippen LogP contribution in [-0.4, -0.2) is 36.7 Å². The molecule has 0 spiro atoms. The quantitative estimate of drug-likeness (QED) is 0.392. The van der Waals surface area contributed by atoms with Crippen LogP contribution in [0.15, 0.2) is 0 Å². The molecule has 0 aliphatic heterocycles. The Balaban J connectivity index is 4.07. The second kappa shape index (κ2) is 7.40. The van der Waals surface area contributed by atoms with Crippen molar-refractivity contribution in [3.63, 3.8) is 0 Å². The molecule has 0 aromatic rings. The maximum Gasteiger partial charge on any atom is 0.122 e. The van der Waals surface area contributed by atoms with Crippen molar-refractivity contribution in [3.05, 3.63) is 0 Å². The minimum atomic E-state index is -0.0608. The van der Waals surface area contributed by atoms with E-state index in [1.165, 1.54) is 22.7 Å². The molecule has 0 aliphatic rings. The number of rotatable bonds is 8. The van der Waals surface area contributed by atoms with Gasteiger partial charge in [-0.05, 0) is 26.4 Å². The Hall–Kier alpha value is 0.0969. The molecule has 0 aromatic carbocycles. The second-order valence-electron chi connectivity index (χ2n) is 4.28. The van der Waals surface area contributed by atoms with Crippen molar-refractivity contribution >= 4 is 10.2 Å². The topological polar surface area (TPSA) is 36.1 Å². The molecule has 3 N–H and O–H groups in total. The van der Waals surface area contributed by atoms with Crippen LogP contribution in [0.25, 0.3) is 0 Å². The van der Waals surface area contributed by atoms with Gasteiger partial charge in [-0.3, -0.25) is 16.0 Å². The molecule has 0 rings (SSSR count). The van der Waals surface area contributed by atoms with E-state index in [9.17, 15) is 0 Å². The lowest BCUT2D eigenvalue weighted by Crippen LogP contribution is -2.64. The van der Waals surface area contributed by atoms with Gasteiger partial charge in [-0.1, -0.05) is 26.3 Å². The molecular weight excluding hydrogens is 190 g/mol. The summed E-state index contributed by atoms with van der Waals surface area (Å²) in [5.41, 5.74) is 0. The summed E-state index contributed by atoms with van der Waals surface area (Å²) in [4.78, 5) is 0. The Morgan fingerprint density at radius 1 is 1.21 bits per heavy atom. The molecular formula is C10H27N3Si. The maximum absolute atomic E-state index is 3.56. The van der Waals surface area contributed by atoms with E-state index >= 15 is 0 Å². The highest BCUT2D eigenvalue weighted by Crippen LogP contribution is 2.07. The van der Waals surface area contributed by atoms with E-state index in [4.69, 9.17) is 0 Å². The van der Waals surface area contributed by atoms with Crippen LogP contribution in [0.3, 0.4) is 0 Å². The van der Waals surface area contributed by atoms with E-state index in [-0.39, 0.29) is 5.79 Å². The van der Waals surface area contributed by atoms with Gasteiger partial charge in [0.25, 0.3) is 0 Å². The van der Waals surface area contributed by atoms with Gasteiger partial charge in [0.15, 0.2) is 0 Å². The molecule has 0 atom stereocenters. The molecule has 4 heteroatoms. The van der Waals surface area contributed by atoms with Gasteiger partial charge in [-0.15, -0.1) is 0 Å². The first kappa shape index (κ1) is 14.1. The van der Waals surface area contributed by atoms with Crippen LogP contribution in [0.5, 0.6) is 0 Å². The average Bonchev–Trinajstić information content (AvgIpc) is 2.19. The zero-order valence-electron chi connectivity index (χ0n) is 10.4. The standard InChI is InChI=1S/C10H27N3Si/c1-9(2)8-13-10(11-3,12-4)6-5-7-14/h9,11-13H,5-8H2,1-4,14H3. The van der Waals surface area contributed by atoms with Crippen molar-refractivity contribution in [2.75, 3.05) is 20.6 Å². The lowest BCUT2D eigenvalue weighted by atomic mass is 10.1. The fourth-order valence-corrected chi connectivity index (χ4v) is 1.81. The molecule has 0 saturated carbocycles. The minimum Gasteiger partial charge on any atom is -0.290 e. The number of hydrogen-bond acceptors (Lipinski definition) is 3. The van der Waals surface area contributed by atoms with Crippen LogP contribution in [0.4, 0.5) is 0 Å². The predicted molar refractivity (Wildman–Crippen MR) is 67.7 cm³/mol. The lowest BCUT2D eigenvalue weighted by molar-refractivity contribution is 0.201. The highest BCUT2D eigenvalue weighted by atomic mass is 28.1. The number of nitrogens with one attached hydrogen (secondary N) is 3. The van der Waals surface area contributed by atoms with Crippen molar-refractivity contribution in [2.45, 2.75) is 38.5 Å². The normalized spacial score (nSPS) is 12.6. The van der Waals surface area contributed by atoms with Gasteiger partial charge < -0.3 is 0 Å². The Bertz CT molecular complexity index is 135. The molecule has 0 aliphatic carbocycles. The van der Waals surface area contributed by atoms with Gasteiger partial charge in [0.2, 0.25) is 0 Å². The summed E-state index contributed by atoms with van der Waals surface area (Å²) in [5, 5.41) is 10.3. The van der Waals surface area contributed by atoms with Gasteiger partial charge in [-0.2, -0.15) is 0 Å². The minimum absolute atomic E-state index is 0.0608. The fraction of sp³-hybridized carbons (Fsp3) is 1.00. The first-order chi connectivity index (χ1) is 6.60. The molecule has 0 unspecified atom stereocenters. The third kappa shape index (κ3) is 5.10.